The number of aromatic nitrogens is 2. The monoisotopic (exact) mass is 472 g/mol. The summed E-state index contributed by atoms with van der Waals surface area (Å²) in [5.74, 6) is -0.667. The molecule has 1 aliphatic rings. The zero-order valence-electron chi connectivity index (χ0n) is 18.4. The number of carbonyl (C=O) groups is 2. The second kappa shape index (κ2) is 9.58. The molecule has 2 aromatic carbocycles. The molecule has 0 saturated heterocycles. The molecule has 4 rings (SSSR count). The van der Waals surface area contributed by atoms with Crippen LogP contribution >= 0.6 is 0 Å². The number of amides is 2. The van der Waals surface area contributed by atoms with Crippen LogP contribution in [-0.4, -0.2) is 34.7 Å². The SMILES string of the molecule is COc1cn(-c2cccc(C(F)(F)F)c2)nc1C(=O)Nc1ccc(C(=O)NC2CCCC2)cc1. The molecule has 3 aromatic rings. The Balaban J connectivity index is 1.48. The number of carbonyl (C=O) groups excluding carboxylic acids is 2. The lowest BCUT2D eigenvalue weighted by atomic mass is 10.1. The Morgan fingerprint density at radius 1 is 1.06 bits per heavy atom. The minimum absolute atomic E-state index is 0.0945. The number of ether oxygens (including phenoxy) is 1. The molecule has 2 amide bonds. The van der Waals surface area contributed by atoms with Crippen LogP contribution in [0.1, 0.15) is 52.1 Å². The summed E-state index contributed by atoms with van der Waals surface area (Å²) >= 11 is 0. The van der Waals surface area contributed by atoms with Gasteiger partial charge >= 0.3 is 6.18 Å². The molecule has 1 heterocycles. The van der Waals surface area contributed by atoms with Crippen LogP contribution in [0, 0.1) is 0 Å². The highest BCUT2D eigenvalue weighted by molar-refractivity contribution is 6.05. The fourth-order valence-corrected chi connectivity index (χ4v) is 3.86. The van der Waals surface area contributed by atoms with Crippen LogP contribution in [-0.2, 0) is 6.18 Å². The Morgan fingerprint density at radius 2 is 1.76 bits per heavy atom. The maximum Gasteiger partial charge on any atom is 0.416 e. The van der Waals surface area contributed by atoms with Crippen molar-refractivity contribution in [3.05, 3.63) is 71.5 Å². The highest BCUT2D eigenvalue weighted by atomic mass is 19.4. The summed E-state index contributed by atoms with van der Waals surface area (Å²) in [4.78, 5) is 25.2. The molecular weight excluding hydrogens is 449 g/mol. The van der Waals surface area contributed by atoms with E-state index in [1.807, 2.05) is 0 Å². The van der Waals surface area contributed by atoms with Crippen molar-refractivity contribution in [3.63, 3.8) is 0 Å². The number of anilines is 1. The molecule has 0 spiro atoms. The van der Waals surface area contributed by atoms with Crippen LogP contribution in [0.3, 0.4) is 0 Å². The average molecular weight is 472 g/mol. The molecule has 1 fully saturated rings. The zero-order valence-corrected chi connectivity index (χ0v) is 18.4. The van der Waals surface area contributed by atoms with Crippen molar-refractivity contribution < 1.29 is 27.5 Å². The molecule has 10 heteroatoms. The maximum atomic E-state index is 13.0. The standard InChI is InChI=1S/C24H23F3N4O3/c1-34-20-14-31(19-8-4-5-16(13-19)24(25,26)27)30-21(20)23(33)29-18-11-9-15(10-12-18)22(32)28-17-6-2-3-7-17/h4-5,8-14,17H,2-3,6-7H2,1H3,(H,28,32)(H,29,33). The third-order valence-electron chi connectivity index (χ3n) is 5.65. The van der Waals surface area contributed by atoms with Crippen LogP contribution in [0.5, 0.6) is 5.75 Å². The topological polar surface area (TPSA) is 85.2 Å². The molecule has 0 unspecified atom stereocenters. The van der Waals surface area contributed by atoms with Gasteiger partial charge in [-0.1, -0.05) is 18.9 Å². The van der Waals surface area contributed by atoms with E-state index in [1.54, 1.807) is 24.3 Å². The van der Waals surface area contributed by atoms with Crippen LogP contribution in [0.15, 0.2) is 54.7 Å². The van der Waals surface area contributed by atoms with E-state index in [0.29, 0.717) is 11.3 Å². The van der Waals surface area contributed by atoms with Gasteiger partial charge < -0.3 is 15.4 Å². The Labute approximate surface area is 193 Å². The third kappa shape index (κ3) is 5.22. The van der Waals surface area contributed by atoms with Gasteiger partial charge in [0.2, 0.25) is 0 Å². The van der Waals surface area contributed by atoms with Gasteiger partial charge in [0.25, 0.3) is 11.8 Å². The minimum Gasteiger partial charge on any atom is -0.493 e. The van der Waals surface area contributed by atoms with Crippen molar-refractivity contribution in [2.24, 2.45) is 0 Å². The summed E-state index contributed by atoms with van der Waals surface area (Å²) in [5.41, 5.74) is 0.115. The fourth-order valence-electron chi connectivity index (χ4n) is 3.86. The van der Waals surface area contributed by atoms with E-state index in [2.05, 4.69) is 15.7 Å². The van der Waals surface area contributed by atoms with Gasteiger partial charge in [0.15, 0.2) is 11.4 Å². The van der Waals surface area contributed by atoms with Gasteiger partial charge in [-0.3, -0.25) is 9.59 Å². The summed E-state index contributed by atoms with van der Waals surface area (Å²) in [5, 5.41) is 9.79. The van der Waals surface area contributed by atoms with Crippen molar-refractivity contribution in [1.82, 2.24) is 15.1 Å². The van der Waals surface area contributed by atoms with Crippen molar-refractivity contribution in [3.8, 4) is 11.4 Å². The van der Waals surface area contributed by atoms with Crippen LogP contribution in [0.2, 0.25) is 0 Å². The van der Waals surface area contributed by atoms with E-state index in [9.17, 15) is 22.8 Å². The van der Waals surface area contributed by atoms with E-state index < -0.39 is 17.6 Å². The van der Waals surface area contributed by atoms with E-state index in [0.717, 1.165) is 42.5 Å². The van der Waals surface area contributed by atoms with Crippen LogP contribution < -0.4 is 15.4 Å². The lowest BCUT2D eigenvalue weighted by molar-refractivity contribution is -0.137. The van der Waals surface area contributed by atoms with Crippen molar-refractivity contribution in [1.29, 1.82) is 0 Å². The predicted molar refractivity (Wildman–Crippen MR) is 119 cm³/mol. The quantitative estimate of drug-likeness (QED) is 0.539. The summed E-state index contributed by atoms with van der Waals surface area (Å²) in [6.45, 7) is 0. The minimum atomic E-state index is -4.51. The molecular formula is C24H23F3N4O3. The highest BCUT2D eigenvalue weighted by Gasteiger charge is 2.31. The lowest BCUT2D eigenvalue weighted by Gasteiger charge is -2.12. The number of benzene rings is 2. The zero-order chi connectivity index (χ0) is 24.3. The van der Waals surface area contributed by atoms with Gasteiger partial charge in [-0.05, 0) is 55.3 Å². The first-order valence-corrected chi connectivity index (χ1v) is 10.8. The summed E-state index contributed by atoms with van der Waals surface area (Å²) in [6.07, 6.45) is 1.02. The van der Waals surface area contributed by atoms with Gasteiger partial charge in [0.1, 0.15) is 0 Å². The highest BCUT2D eigenvalue weighted by Crippen LogP contribution is 2.31. The van der Waals surface area contributed by atoms with E-state index >= 15 is 0 Å². The molecule has 0 aliphatic heterocycles. The van der Waals surface area contributed by atoms with Crippen molar-refractivity contribution >= 4 is 17.5 Å². The number of rotatable bonds is 6. The molecule has 2 N–H and O–H groups in total. The number of methoxy groups -OCH3 is 1. The molecule has 1 aromatic heterocycles. The normalized spacial score (nSPS) is 14.1. The third-order valence-corrected chi connectivity index (χ3v) is 5.65. The predicted octanol–water partition coefficient (Wildman–Crippen LogP) is 4.82. The number of hydrogen-bond donors (Lipinski definition) is 2. The van der Waals surface area contributed by atoms with Crippen molar-refractivity contribution in [2.75, 3.05) is 12.4 Å². The second-order valence-electron chi connectivity index (χ2n) is 8.03. The Kier molecular flexibility index (Phi) is 6.58. The Hall–Kier alpha value is -3.82. The van der Waals surface area contributed by atoms with Gasteiger partial charge in [-0.25, -0.2) is 4.68 Å². The van der Waals surface area contributed by atoms with E-state index in [-0.39, 0.29) is 29.1 Å². The molecule has 1 aliphatic carbocycles. The van der Waals surface area contributed by atoms with E-state index in [4.69, 9.17) is 4.74 Å². The van der Waals surface area contributed by atoms with Gasteiger partial charge in [-0.2, -0.15) is 18.3 Å². The molecule has 7 nitrogen and oxygen atoms in total. The Morgan fingerprint density at radius 3 is 2.41 bits per heavy atom. The number of alkyl halides is 3. The molecule has 0 atom stereocenters. The maximum absolute atomic E-state index is 13.0. The Bertz CT molecular complexity index is 1180. The van der Waals surface area contributed by atoms with Gasteiger partial charge in [-0.15, -0.1) is 0 Å². The van der Waals surface area contributed by atoms with Crippen molar-refractivity contribution in [2.45, 2.75) is 37.9 Å². The largest absolute Gasteiger partial charge is 0.493 e. The number of nitrogens with zero attached hydrogens (tertiary/aromatic N) is 2. The summed E-state index contributed by atoms with van der Waals surface area (Å²) in [7, 11) is 1.34. The van der Waals surface area contributed by atoms with Gasteiger partial charge in [0, 0.05) is 17.3 Å². The van der Waals surface area contributed by atoms with Crippen LogP contribution in [0.25, 0.3) is 5.69 Å². The second-order valence-corrected chi connectivity index (χ2v) is 8.03. The number of halogens is 3. The first kappa shape index (κ1) is 23.3. The molecule has 34 heavy (non-hydrogen) atoms. The number of nitrogens with one attached hydrogen (secondary N) is 2. The summed E-state index contributed by atoms with van der Waals surface area (Å²) in [6, 6.07) is 11.2. The summed E-state index contributed by atoms with van der Waals surface area (Å²) < 4.78 is 45.5. The molecule has 0 radical (unpaired) electrons. The average Bonchev–Trinajstić information content (AvgIpc) is 3.49. The van der Waals surface area contributed by atoms with E-state index in [1.165, 1.54) is 25.4 Å². The lowest BCUT2D eigenvalue weighted by Crippen LogP contribution is -2.32. The van der Waals surface area contributed by atoms with Crippen LogP contribution in [0.4, 0.5) is 18.9 Å². The first-order chi connectivity index (χ1) is 16.2. The molecule has 0 bridgehead atoms. The molecule has 1 saturated carbocycles. The first-order valence-electron chi connectivity index (χ1n) is 10.8. The van der Waals surface area contributed by atoms with Gasteiger partial charge in [0.05, 0.1) is 24.6 Å². The fraction of sp³-hybridized carbons (Fsp3) is 0.292. The number of hydrogen-bond acceptors (Lipinski definition) is 4. The smallest absolute Gasteiger partial charge is 0.416 e. The molecule has 178 valence electrons.